The maximum atomic E-state index is 13.4. The van der Waals surface area contributed by atoms with Crippen molar-refractivity contribution in [1.82, 2.24) is 9.80 Å². The SMILES string of the molecule is CC1(C(=O)N2CCC3(CC2)CC(=O)N(Cc2ccc(F)c(F)c2)C3)CC1. The van der Waals surface area contributed by atoms with Gasteiger partial charge in [0.1, 0.15) is 0 Å². The number of hydrogen-bond donors (Lipinski definition) is 0. The summed E-state index contributed by atoms with van der Waals surface area (Å²) in [6.45, 7) is 4.38. The lowest BCUT2D eigenvalue weighted by atomic mass is 9.77. The molecule has 3 aliphatic rings. The van der Waals surface area contributed by atoms with E-state index < -0.39 is 11.6 Å². The van der Waals surface area contributed by atoms with Crippen LogP contribution in [0.15, 0.2) is 18.2 Å². The fourth-order valence-electron chi connectivity index (χ4n) is 4.29. The zero-order valence-electron chi connectivity index (χ0n) is 15.1. The van der Waals surface area contributed by atoms with Crippen LogP contribution in [0.4, 0.5) is 8.78 Å². The molecule has 0 radical (unpaired) electrons. The van der Waals surface area contributed by atoms with Crippen LogP contribution in [0.3, 0.4) is 0 Å². The summed E-state index contributed by atoms with van der Waals surface area (Å²) >= 11 is 0. The number of likely N-dealkylation sites (tertiary alicyclic amines) is 2. The molecule has 2 saturated heterocycles. The first-order valence-corrected chi connectivity index (χ1v) is 9.31. The lowest BCUT2D eigenvalue weighted by Gasteiger charge is -2.39. The Morgan fingerprint density at radius 2 is 1.81 bits per heavy atom. The van der Waals surface area contributed by atoms with Crippen molar-refractivity contribution in [2.24, 2.45) is 10.8 Å². The van der Waals surface area contributed by atoms with Gasteiger partial charge in [-0.05, 0) is 43.4 Å². The number of carbonyl (C=O) groups is 2. The minimum absolute atomic E-state index is 0.0589. The lowest BCUT2D eigenvalue weighted by molar-refractivity contribution is -0.138. The van der Waals surface area contributed by atoms with E-state index >= 15 is 0 Å². The molecule has 1 aromatic rings. The Kier molecular flexibility index (Phi) is 4.04. The van der Waals surface area contributed by atoms with Gasteiger partial charge < -0.3 is 9.80 Å². The largest absolute Gasteiger partial charge is 0.342 e. The molecule has 4 rings (SSSR count). The van der Waals surface area contributed by atoms with Crippen LogP contribution in [-0.4, -0.2) is 41.2 Å². The van der Waals surface area contributed by atoms with Gasteiger partial charge in [-0.2, -0.15) is 0 Å². The summed E-state index contributed by atoms with van der Waals surface area (Å²) in [5, 5.41) is 0. The van der Waals surface area contributed by atoms with E-state index in [1.54, 1.807) is 4.90 Å². The lowest BCUT2D eigenvalue weighted by Crippen LogP contribution is -2.46. The van der Waals surface area contributed by atoms with Gasteiger partial charge >= 0.3 is 0 Å². The van der Waals surface area contributed by atoms with E-state index in [0.29, 0.717) is 38.2 Å². The average Bonchev–Trinajstić information content (AvgIpc) is 3.29. The second-order valence-electron chi connectivity index (χ2n) is 8.53. The highest BCUT2D eigenvalue weighted by Gasteiger charge is 2.50. The highest BCUT2D eigenvalue weighted by molar-refractivity contribution is 5.85. The molecule has 2 aliphatic heterocycles. The van der Waals surface area contributed by atoms with E-state index in [2.05, 4.69) is 0 Å². The number of carbonyl (C=O) groups excluding carboxylic acids is 2. The van der Waals surface area contributed by atoms with Gasteiger partial charge in [-0.25, -0.2) is 8.78 Å². The molecule has 3 fully saturated rings. The van der Waals surface area contributed by atoms with E-state index in [-0.39, 0.29) is 22.6 Å². The molecule has 140 valence electrons. The molecule has 1 saturated carbocycles. The van der Waals surface area contributed by atoms with Crippen molar-refractivity contribution in [3.05, 3.63) is 35.4 Å². The number of piperidine rings is 1. The van der Waals surface area contributed by atoms with Crippen LogP contribution < -0.4 is 0 Å². The Balaban J connectivity index is 1.38. The van der Waals surface area contributed by atoms with Gasteiger partial charge in [-0.3, -0.25) is 9.59 Å². The smallest absolute Gasteiger partial charge is 0.228 e. The zero-order chi connectivity index (χ0) is 18.5. The number of halogens is 2. The van der Waals surface area contributed by atoms with Crippen molar-refractivity contribution in [3.8, 4) is 0 Å². The fourth-order valence-corrected chi connectivity index (χ4v) is 4.29. The van der Waals surface area contributed by atoms with E-state index in [1.807, 2.05) is 11.8 Å². The van der Waals surface area contributed by atoms with Crippen molar-refractivity contribution in [3.63, 3.8) is 0 Å². The summed E-state index contributed by atoms with van der Waals surface area (Å²) < 4.78 is 26.5. The van der Waals surface area contributed by atoms with Crippen molar-refractivity contribution in [1.29, 1.82) is 0 Å². The van der Waals surface area contributed by atoms with Crippen molar-refractivity contribution in [2.75, 3.05) is 19.6 Å². The minimum Gasteiger partial charge on any atom is -0.342 e. The summed E-state index contributed by atoms with van der Waals surface area (Å²) in [6, 6.07) is 3.78. The van der Waals surface area contributed by atoms with E-state index in [1.165, 1.54) is 6.07 Å². The average molecular weight is 362 g/mol. The van der Waals surface area contributed by atoms with Crippen LogP contribution in [-0.2, 0) is 16.1 Å². The first-order valence-electron chi connectivity index (χ1n) is 9.31. The van der Waals surface area contributed by atoms with E-state index in [0.717, 1.165) is 37.8 Å². The first kappa shape index (κ1) is 17.4. The van der Waals surface area contributed by atoms with E-state index in [9.17, 15) is 18.4 Å². The van der Waals surface area contributed by atoms with Gasteiger partial charge in [-0.15, -0.1) is 0 Å². The second-order valence-corrected chi connectivity index (χ2v) is 8.53. The van der Waals surface area contributed by atoms with Crippen LogP contribution in [0.1, 0.15) is 44.6 Å². The van der Waals surface area contributed by atoms with Crippen LogP contribution in [0, 0.1) is 22.5 Å². The first-order chi connectivity index (χ1) is 12.3. The van der Waals surface area contributed by atoms with Crippen molar-refractivity contribution in [2.45, 2.75) is 45.6 Å². The molecule has 1 spiro atoms. The van der Waals surface area contributed by atoms with Crippen LogP contribution >= 0.6 is 0 Å². The molecule has 0 unspecified atom stereocenters. The molecule has 4 nitrogen and oxygen atoms in total. The molecular weight excluding hydrogens is 338 g/mol. The topological polar surface area (TPSA) is 40.6 Å². The zero-order valence-corrected chi connectivity index (χ0v) is 15.1. The van der Waals surface area contributed by atoms with Gasteiger partial charge in [0.05, 0.1) is 0 Å². The summed E-state index contributed by atoms with van der Waals surface area (Å²) in [5.74, 6) is -1.44. The van der Waals surface area contributed by atoms with E-state index in [4.69, 9.17) is 0 Å². The normalized spacial score (nSPS) is 23.6. The molecule has 6 heteroatoms. The Hall–Kier alpha value is -1.98. The second kappa shape index (κ2) is 6.03. The Bertz CT molecular complexity index is 752. The van der Waals surface area contributed by atoms with Crippen LogP contribution in [0.5, 0.6) is 0 Å². The van der Waals surface area contributed by atoms with Crippen LogP contribution in [0.2, 0.25) is 0 Å². The van der Waals surface area contributed by atoms with Crippen LogP contribution in [0.25, 0.3) is 0 Å². The standard InChI is InChI=1S/C20H24F2N2O2/c1-19(4-5-19)18(26)23-8-6-20(7-9-23)11-17(25)24(13-20)12-14-2-3-15(21)16(22)10-14/h2-3,10H,4-9,11-13H2,1H3. The fraction of sp³-hybridized carbons (Fsp3) is 0.600. The Morgan fingerprint density at radius 3 is 2.42 bits per heavy atom. The third kappa shape index (κ3) is 3.10. The molecule has 2 amide bonds. The third-order valence-corrected chi connectivity index (χ3v) is 6.39. The number of benzene rings is 1. The third-order valence-electron chi connectivity index (χ3n) is 6.39. The number of nitrogens with zero attached hydrogens (tertiary/aromatic N) is 2. The highest BCUT2D eigenvalue weighted by atomic mass is 19.2. The Labute approximate surface area is 152 Å². The molecular formula is C20H24F2N2O2. The minimum atomic E-state index is -0.885. The molecule has 0 atom stereocenters. The molecule has 0 N–H and O–H groups in total. The quantitative estimate of drug-likeness (QED) is 0.829. The number of amides is 2. The summed E-state index contributed by atoms with van der Waals surface area (Å²) in [5.41, 5.74) is 0.370. The highest BCUT2D eigenvalue weighted by Crippen LogP contribution is 2.48. The summed E-state index contributed by atoms with van der Waals surface area (Å²) in [4.78, 5) is 28.7. The molecule has 1 aliphatic carbocycles. The molecule has 26 heavy (non-hydrogen) atoms. The molecule has 2 heterocycles. The number of rotatable bonds is 3. The van der Waals surface area contributed by atoms with Gasteiger partial charge in [0.2, 0.25) is 11.8 Å². The van der Waals surface area contributed by atoms with Crippen molar-refractivity contribution >= 4 is 11.8 Å². The molecule has 1 aromatic carbocycles. The predicted octanol–water partition coefficient (Wildman–Crippen LogP) is 3.11. The maximum absolute atomic E-state index is 13.4. The Morgan fingerprint density at radius 1 is 1.12 bits per heavy atom. The number of hydrogen-bond acceptors (Lipinski definition) is 2. The van der Waals surface area contributed by atoms with Gasteiger partial charge in [0, 0.05) is 43.4 Å². The summed E-state index contributed by atoms with van der Waals surface area (Å²) in [7, 11) is 0. The summed E-state index contributed by atoms with van der Waals surface area (Å²) in [6.07, 6.45) is 4.10. The van der Waals surface area contributed by atoms with Gasteiger partial charge in [0.25, 0.3) is 0 Å². The van der Waals surface area contributed by atoms with Crippen molar-refractivity contribution < 1.29 is 18.4 Å². The predicted molar refractivity (Wildman–Crippen MR) is 92.0 cm³/mol. The monoisotopic (exact) mass is 362 g/mol. The molecule has 0 aromatic heterocycles. The maximum Gasteiger partial charge on any atom is 0.228 e. The molecule has 0 bridgehead atoms. The van der Waals surface area contributed by atoms with Gasteiger partial charge in [0.15, 0.2) is 11.6 Å². The van der Waals surface area contributed by atoms with Gasteiger partial charge in [-0.1, -0.05) is 13.0 Å².